The van der Waals surface area contributed by atoms with Crippen molar-refractivity contribution in [2.75, 3.05) is 0 Å². The van der Waals surface area contributed by atoms with Gasteiger partial charge in [-0.15, -0.1) is 0 Å². The molecular weight excluding hydrogens is 391 g/mol. The van der Waals surface area contributed by atoms with Gasteiger partial charge in [0.1, 0.15) is 0 Å². The van der Waals surface area contributed by atoms with Gasteiger partial charge < -0.3 is 0 Å². The van der Waals surface area contributed by atoms with Crippen LogP contribution in [-0.2, 0) is 0 Å². The molecule has 23 heavy (non-hydrogen) atoms. The van der Waals surface area contributed by atoms with Crippen LogP contribution in [0.2, 0.25) is 13.3 Å². The number of hydrogen-bond donors (Lipinski definition) is 0. The molecule has 0 aromatic heterocycles. The number of para-hydroxylation sites is 2. The summed E-state index contributed by atoms with van der Waals surface area (Å²) >= 11 is -2.51. The number of unbranched alkanes of at least 4 members (excludes halogenated alkanes) is 3. The molecule has 3 heteroatoms. The van der Waals surface area contributed by atoms with Gasteiger partial charge in [0.05, 0.1) is 0 Å². The number of fused-ring (bicyclic) bond motifs is 1. The first-order chi connectivity index (χ1) is 11.3. The van der Waals surface area contributed by atoms with Crippen molar-refractivity contribution < 1.29 is 9.47 Å². The first kappa shape index (κ1) is 18.7. The molecule has 0 saturated heterocycles. The van der Waals surface area contributed by atoms with Gasteiger partial charge in [0.15, 0.2) is 0 Å². The van der Waals surface area contributed by atoms with Crippen molar-refractivity contribution >= 4 is 18.4 Å². The molecule has 0 bridgehead atoms. The fraction of sp³-hybridized carbons (Fsp3) is 0.600. The van der Waals surface area contributed by atoms with E-state index in [2.05, 4.69) is 20.8 Å². The third kappa shape index (κ3) is 4.91. The monoisotopic (exact) mass is 424 g/mol. The molecule has 0 atom stereocenters. The molecule has 0 spiro atoms. The summed E-state index contributed by atoms with van der Waals surface area (Å²) in [4.78, 5) is 0. The first-order valence-electron chi connectivity index (χ1n) is 9.40. The van der Waals surface area contributed by atoms with Crippen molar-refractivity contribution in [3.05, 3.63) is 34.3 Å². The molecule has 1 heterocycles. The zero-order valence-corrected chi connectivity index (χ0v) is 17.9. The fourth-order valence-corrected chi connectivity index (χ4v) is 18.3. The predicted molar refractivity (Wildman–Crippen MR) is 101 cm³/mol. The fourth-order valence-electron chi connectivity index (χ4n) is 3.41. The summed E-state index contributed by atoms with van der Waals surface area (Å²) in [5.74, 6) is 1.77. The van der Waals surface area contributed by atoms with E-state index in [-0.39, 0.29) is 0 Å². The predicted octanol–water partition coefficient (Wildman–Crippen LogP) is 6.69. The van der Waals surface area contributed by atoms with E-state index in [1.165, 1.54) is 55.6 Å². The summed E-state index contributed by atoms with van der Waals surface area (Å²) < 4.78 is 17.8. The second-order valence-electron chi connectivity index (χ2n) is 6.74. The van der Waals surface area contributed by atoms with Crippen LogP contribution in [0.1, 0.15) is 59.3 Å². The molecule has 1 aromatic rings. The Morgan fingerprint density at radius 2 is 1.30 bits per heavy atom. The van der Waals surface area contributed by atoms with Gasteiger partial charge in [0.2, 0.25) is 0 Å². The Kier molecular flexibility index (Phi) is 7.81. The van der Waals surface area contributed by atoms with Crippen molar-refractivity contribution in [1.82, 2.24) is 0 Å². The maximum absolute atomic E-state index is 6.42. The van der Waals surface area contributed by atoms with Gasteiger partial charge in [-0.2, -0.15) is 0 Å². The number of benzene rings is 1. The summed E-state index contributed by atoms with van der Waals surface area (Å²) in [6, 6.07) is 8.07. The standard InChI is InChI=1S/C8H5O2.3C4H9.Sn/c1-2-4-8-7(3-1)9-5-6-10-8;3*1-3-4-2;/h1-5H;3*1,3-4H2,2H3;. The van der Waals surface area contributed by atoms with E-state index >= 15 is 0 Å². The van der Waals surface area contributed by atoms with Crippen molar-refractivity contribution in [2.45, 2.75) is 72.6 Å². The van der Waals surface area contributed by atoms with Crippen molar-refractivity contribution in [3.63, 3.8) is 0 Å². The number of rotatable bonds is 10. The van der Waals surface area contributed by atoms with Gasteiger partial charge in [0, 0.05) is 0 Å². The van der Waals surface area contributed by atoms with E-state index in [0.29, 0.717) is 0 Å². The van der Waals surface area contributed by atoms with Crippen LogP contribution in [0.25, 0.3) is 0 Å². The van der Waals surface area contributed by atoms with Gasteiger partial charge in [-0.1, -0.05) is 0 Å². The minimum absolute atomic E-state index is 0.859. The summed E-state index contributed by atoms with van der Waals surface area (Å²) in [6.07, 6.45) is 9.83. The Morgan fingerprint density at radius 1 is 0.783 bits per heavy atom. The molecule has 0 radical (unpaired) electrons. The van der Waals surface area contributed by atoms with Crippen LogP contribution in [-0.4, -0.2) is 18.4 Å². The second kappa shape index (κ2) is 9.61. The van der Waals surface area contributed by atoms with Crippen LogP contribution in [0.5, 0.6) is 11.5 Å². The Hall–Kier alpha value is -0.641. The van der Waals surface area contributed by atoms with Crippen molar-refractivity contribution in [3.8, 4) is 11.5 Å². The van der Waals surface area contributed by atoms with Crippen LogP contribution in [0.3, 0.4) is 0 Å². The molecule has 0 aliphatic carbocycles. The first-order valence-corrected chi connectivity index (χ1v) is 16.9. The molecule has 128 valence electrons. The molecule has 1 aliphatic heterocycles. The molecule has 0 unspecified atom stereocenters. The Morgan fingerprint density at radius 3 is 1.83 bits per heavy atom. The van der Waals surface area contributed by atoms with Crippen LogP contribution in [0, 0.1) is 0 Å². The molecule has 2 nitrogen and oxygen atoms in total. The topological polar surface area (TPSA) is 18.5 Å². The summed E-state index contributed by atoms with van der Waals surface area (Å²) in [5, 5.41) is 0. The van der Waals surface area contributed by atoms with Gasteiger partial charge in [0.25, 0.3) is 0 Å². The molecule has 0 amide bonds. The summed E-state index contributed by atoms with van der Waals surface area (Å²) in [5.41, 5.74) is 0. The average Bonchev–Trinajstić information content (AvgIpc) is 2.61. The van der Waals surface area contributed by atoms with Crippen LogP contribution < -0.4 is 9.47 Å². The Balaban J connectivity index is 2.25. The van der Waals surface area contributed by atoms with E-state index in [9.17, 15) is 0 Å². The third-order valence-electron chi connectivity index (χ3n) is 4.91. The Bertz CT molecular complexity index is 488. The van der Waals surface area contributed by atoms with E-state index < -0.39 is 18.4 Å². The van der Waals surface area contributed by atoms with Gasteiger partial charge in [-0.05, 0) is 0 Å². The average molecular weight is 423 g/mol. The van der Waals surface area contributed by atoms with E-state index in [4.69, 9.17) is 9.47 Å². The SMILES string of the molecule is CCC[CH2][Sn]([CH2]CCC)([CH2]CCC)[C]1=COc2ccccc2O1. The minimum atomic E-state index is -2.51. The molecule has 1 aliphatic rings. The summed E-state index contributed by atoms with van der Waals surface area (Å²) in [7, 11) is 0. The van der Waals surface area contributed by atoms with Crippen LogP contribution in [0.4, 0.5) is 0 Å². The molecule has 1 aromatic carbocycles. The van der Waals surface area contributed by atoms with Gasteiger partial charge in [-0.3, -0.25) is 0 Å². The quantitative estimate of drug-likeness (QED) is 0.391. The van der Waals surface area contributed by atoms with E-state index in [1.807, 2.05) is 30.5 Å². The molecule has 0 fully saturated rings. The van der Waals surface area contributed by atoms with E-state index in [0.717, 1.165) is 11.5 Å². The molecular formula is C20H32O2Sn. The van der Waals surface area contributed by atoms with E-state index in [1.54, 1.807) is 0 Å². The van der Waals surface area contributed by atoms with Gasteiger partial charge >= 0.3 is 146 Å². The van der Waals surface area contributed by atoms with Crippen molar-refractivity contribution in [1.29, 1.82) is 0 Å². The zero-order chi connectivity index (χ0) is 16.5. The normalized spacial score (nSPS) is 13.8. The second-order valence-corrected chi connectivity index (χ2v) is 19.7. The zero-order valence-electron chi connectivity index (χ0n) is 15.1. The summed E-state index contributed by atoms with van der Waals surface area (Å²) in [6.45, 7) is 6.91. The van der Waals surface area contributed by atoms with Crippen LogP contribution >= 0.6 is 0 Å². The van der Waals surface area contributed by atoms with Crippen LogP contribution in [0.15, 0.2) is 34.3 Å². The molecule has 0 N–H and O–H groups in total. The molecule has 0 saturated carbocycles. The maximum atomic E-state index is 6.42. The van der Waals surface area contributed by atoms with Gasteiger partial charge in [-0.25, -0.2) is 0 Å². The number of ether oxygens (including phenoxy) is 2. The van der Waals surface area contributed by atoms with Crippen molar-refractivity contribution in [2.24, 2.45) is 0 Å². The number of hydrogen-bond acceptors (Lipinski definition) is 2. The Labute approximate surface area is 146 Å². The third-order valence-corrected chi connectivity index (χ3v) is 19.7. The molecule has 2 rings (SSSR count).